The van der Waals surface area contributed by atoms with Crippen molar-refractivity contribution in [3.8, 4) is 0 Å². The minimum Gasteiger partial charge on any atom is -0.348 e. The van der Waals surface area contributed by atoms with Gasteiger partial charge in [0.25, 0.3) is 0 Å². The molecule has 5 nitrogen and oxygen atoms in total. The Morgan fingerprint density at radius 2 is 1.96 bits per heavy atom. The number of anilines is 1. The van der Waals surface area contributed by atoms with Gasteiger partial charge in [-0.15, -0.1) is 0 Å². The van der Waals surface area contributed by atoms with Crippen molar-refractivity contribution in [3.63, 3.8) is 0 Å². The van der Waals surface area contributed by atoms with Crippen LogP contribution >= 0.6 is 22.9 Å². The smallest absolute Gasteiger partial charge is 0.319 e. The molecule has 1 aliphatic rings. The van der Waals surface area contributed by atoms with Gasteiger partial charge in [0.15, 0.2) is 5.13 Å². The highest BCUT2D eigenvalue weighted by Crippen LogP contribution is 2.34. The maximum absolute atomic E-state index is 12.1. The molecule has 0 bridgehead atoms. The first kappa shape index (κ1) is 17.3. The molecule has 0 aliphatic carbocycles. The van der Waals surface area contributed by atoms with E-state index in [1.807, 2.05) is 31.0 Å². The lowest BCUT2D eigenvalue weighted by atomic mass is 10.0. The summed E-state index contributed by atoms with van der Waals surface area (Å²) in [5.41, 5.74) is 2.05. The van der Waals surface area contributed by atoms with Crippen LogP contribution < -0.4 is 4.90 Å². The third-order valence-electron chi connectivity index (χ3n) is 4.70. The van der Waals surface area contributed by atoms with Crippen molar-refractivity contribution in [3.05, 3.63) is 22.7 Å². The number of thiazole rings is 1. The number of benzene rings is 1. The summed E-state index contributed by atoms with van der Waals surface area (Å²) >= 11 is 7.92. The van der Waals surface area contributed by atoms with Gasteiger partial charge in [-0.25, -0.2) is 9.78 Å². The number of nitrogens with zero attached hydrogens (tertiary/aromatic N) is 4. The van der Waals surface area contributed by atoms with Crippen molar-refractivity contribution >= 4 is 44.3 Å². The number of fused-ring (bicyclic) bond motifs is 1. The van der Waals surface area contributed by atoms with Crippen LogP contribution in [0, 0.1) is 6.92 Å². The molecule has 0 N–H and O–H groups in total. The molecule has 24 heavy (non-hydrogen) atoms. The van der Waals surface area contributed by atoms with Crippen LogP contribution in [0.5, 0.6) is 0 Å². The molecule has 7 heteroatoms. The van der Waals surface area contributed by atoms with Gasteiger partial charge in [-0.05, 0) is 37.5 Å². The first-order chi connectivity index (χ1) is 11.4. The first-order valence-electron chi connectivity index (χ1n) is 8.13. The lowest BCUT2D eigenvalue weighted by molar-refractivity contribution is 0.155. The highest BCUT2D eigenvalue weighted by atomic mass is 35.5. The highest BCUT2D eigenvalue weighted by molar-refractivity contribution is 7.22. The Bertz CT molecular complexity index is 752. The van der Waals surface area contributed by atoms with E-state index in [1.54, 1.807) is 30.3 Å². The van der Waals surface area contributed by atoms with E-state index in [-0.39, 0.29) is 6.03 Å². The number of amides is 2. The number of piperidine rings is 1. The number of hydrogen-bond donors (Lipinski definition) is 0. The standard InChI is InChI=1S/C17H23ClN4OS/c1-11-13(18)5-6-14-15(11)19-16(24-14)22-9-7-12(8-10-22)21(4)17(23)20(2)3/h5-6,12H,7-10H2,1-4H3. The molecular weight excluding hydrogens is 344 g/mol. The Balaban J connectivity index is 1.71. The van der Waals surface area contributed by atoms with E-state index in [0.29, 0.717) is 6.04 Å². The monoisotopic (exact) mass is 366 g/mol. The van der Waals surface area contributed by atoms with E-state index in [4.69, 9.17) is 16.6 Å². The summed E-state index contributed by atoms with van der Waals surface area (Å²) in [5, 5.41) is 1.82. The van der Waals surface area contributed by atoms with Crippen LogP contribution in [0.4, 0.5) is 9.93 Å². The maximum Gasteiger partial charge on any atom is 0.319 e. The number of urea groups is 1. The van der Waals surface area contributed by atoms with Crippen molar-refractivity contribution in [2.75, 3.05) is 39.1 Å². The summed E-state index contributed by atoms with van der Waals surface area (Å²) in [6.45, 7) is 3.85. The van der Waals surface area contributed by atoms with E-state index >= 15 is 0 Å². The average molecular weight is 367 g/mol. The maximum atomic E-state index is 12.1. The van der Waals surface area contributed by atoms with Crippen LogP contribution in [0.3, 0.4) is 0 Å². The SMILES string of the molecule is Cc1c(Cl)ccc2sc(N3CCC(N(C)C(=O)N(C)C)CC3)nc12. The Labute approximate surface area is 151 Å². The van der Waals surface area contributed by atoms with Crippen LogP contribution in [0.2, 0.25) is 5.02 Å². The molecule has 0 unspecified atom stereocenters. The van der Waals surface area contributed by atoms with Crippen molar-refractivity contribution in [2.45, 2.75) is 25.8 Å². The fourth-order valence-corrected chi connectivity index (χ4v) is 4.37. The molecule has 2 aromatic rings. The zero-order chi connectivity index (χ0) is 17.4. The van der Waals surface area contributed by atoms with Gasteiger partial charge in [-0.3, -0.25) is 0 Å². The van der Waals surface area contributed by atoms with Gasteiger partial charge in [0.2, 0.25) is 0 Å². The van der Waals surface area contributed by atoms with Crippen LogP contribution in [-0.2, 0) is 0 Å². The van der Waals surface area contributed by atoms with Crippen LogP contribution in [-0.4, -0.2) is 61.1 Å². The molecule has 1 aromatic heterocycles. The summed E-state index contributed by atoms with van der Waals surface area (Å²) in [7, 11) is 5.48. The van der Waals surface area contributed by atoms with Crippen molar-refractivity contribution in [2.24, 2.45) is 0 Å². The summed E-state index contributed by atoms with van der Waals surface area (Å²) in [6, 6.07) is 4.34. The average Bonchev–Trinajstić information content (AvgIpc) is 3.02. The lowest BCUT2D eigenvalue weighted by Gasteiger charge is -2.37. The molecule has 0 saturated carbocycles. The predicted octanol–water partition coefficient (Wildman–Crippen LogP) is 3.84. The number of aromatic nitrogens is 1. The largest absolute Gasteiger partial charge is 0.348 e. The van der Waals surface area contributed by atoms with Crippen LogP contribution in [0.25, 0.3) is 10.2 Å². The molecule has 1 fully saturated rings. The summed E-state index contributed by atoms with van der Waals surface area (Å²) in [5.74, 6) is 0. The lowest BCUT2D eigenvalue weighted by Crippen LogP contribution is -2.48. The molecule has 1 aromatic carbocycles. The number of carbonyl (C=O) groups is 1. The number of aryl methyl sites for hydroxylation is 1. The Morgan fingerprint density at radius 1 is 1.29 bits per heavy atom. The van der Waals surface area contributed by atoms with Crippen molar-refractivity contribution < 1.29 is 4.79 Å². The molecule has 1 aliphatic heterocycles. The molecular formula is C17H23ClN4OS. The molecule has 1 saturated heterocycles. The van der Waals surface area contributed by atoms with E-state index in [2.05, 4.69) is 4.90 Å². The topological polar surface area (TPSA) is 39.7 Å². The second kappa shape index (κ2) is 6.76. The molecule has 2 amide bonds. The Kier molecular flexibility index (Phi) is 4.88. The quantitative estimate of drug-likeness (QED) is 0.810. The number of hydrogen-bond acceptors (Lipinski definition) is 4. The number of rotatable bonds is 2. The fourth-order valence-electron chi connectivity index (χ4n) is 3.14. The minimum absolute atomic E-state index is 0.0682. The Hall–Kier alpha value is -1.53. The second-order valence-corrected chi connectivity index (χ2v) is 7.94. The number of halogens is 1. The Morgan fingerprint density at radius 3 is 2.58 bits per heavy atom. The minimum atomic E-state index is 0.0682. The van der Waals surface area contributed by atoms with Crippen molar-refractivity contribution in [1.82, 2.24) is 14.8 Å². The molecule has 2 heterocycles. The molecule has 0 spiro atoms. The number of carbonyl (C=O) groups excluding carboxylic acids is 1. The van der Waals surface area contributed by atoms with E-state index in [1.165, 1.54) is 4.70 Å². The third-order valence-corrected chi connectivity index (χ3v) is 6.19. The predicted molar refractivity (Wildman–Crippen MR) is 101 cm³/mol. The van der Waals surface area contributed by atoms with Crippen LogP contribution in [0.15, 0.2) is 12.1 Å². The second-order valence-electron chi connectivity index (χ2n) is 6.52. The highest BCUT2D eigenvalue weighted by Gasteiger charge is 2.27. The van der Waals surface area contributed by atoms with Gasteiger partial charge in [0.05, 0.1) is 10.2 Å². The van der Waals surface area contributed by atoms with Gasteiger partial charge in [0.1, 0.15) is 0 Å². The third kappa shape index (κ3) is 3.17. The van der Waals surface area contributed by atoms with Gasteiger partial charge >= 0.3 is 6.03 Å². The van der Waals surface area contributed by atoms with E-state index in [9.17, 15) is 4.79 Å². The van der Waals surface area contributed by atoms with Gasteiger partial charge in [-0.1, -0.05) is 22.9 Å². The molecule has 130 valence electrons. The zero-order valence-electron chi connectivity index (χ0n) is 14.5. The van der Waals surface area contributed by atoms with Gasteiger partial charge in [0, 0.05) is 45.3 Å². The van der Waals surface area contributed by atoms with E-state index in [0.717, 1.165) is 47.2 Å². The zero-order valence-corrected chi connectivity index (χ0v) is 16.1. The van der Waals surface area contributed by atoms with Crippen LogP contribution in [0.1, 0.15) is 18.4 Å². The summed E-state index contributed by atoms with van der Waals surface area (Å²) in [4.78, 5) is 22.7. The molecule has 0 atom stereocenters. The fraction of sp³-hybridized carbons (Fsp3) is 0.529. The van der Waals surface area contributed by atoms with Gasteiger partial charge < -0.3 is 14.7 Å². The molecule has 3 rings (SSSR count). The molecule has 0 radical (unpaired) electrons. The van der Waals surface area contributed by atoms with E-state index < -0.39 is 0 Å². The summed E-state index contributed by atoms with van der Waals surface area (Å²) < 4.78 is 1.17. The summed E-state index contributed by atoms with van der Waals surface area (Å²) in [6.07, 6.45) is 1.93. The normalized spacial score (nSPS) is 15.8. The van der Waals surface area contributed by atoms with Crippen molar-refractivity contribution in [1.29, 1.82) is 0 Å². The first-order valence-corrected chi connectivity index (χ1v) is 9.32. The van der Waals surface area contributed by atoms with Gasteiger partial charge in [-0.2, -0.15) is 0 Å².